The molecule has 2 heterocycles. The van der Waals surface area contributed by atoms with Crippen molar-refractivity contribution in [2.24, 2.45) is 0 Å². The molecule has 3 nitrogen and oxygen atoms in total. The molecule has 0 aliphatic rings. The lowest BCUT2D eigenvalue weighted by Gasteiger charge is -2.04. The number of rotatable bonds is 4. The number of nitrogens with one attached hydrogen (secondary N) is 1. The largest absolute Gasteiger partial charge is 0.369 e. The summed E-state index contributed by atoms with van der Waals surface area (Å²) >= 11 is 7.40. The van der Waals surface area contributed by atoms with Gasteiger partial charge in [0.1, 0.15) is 11.5 Å². The van der Waals surface area contributed by atoms with Crippen molar-refractivity contribution in [3.63, 3.8) is 0 Å². The maximum atomic E-state index is 5.89. The molecule has 5 heteroatoms. The van der Waals surface area contributed by atoms with Gasteiger partial charge in [0.15, 0.2) is 0 Å². The van der Waals surface area contributed by atoms with Gasteiger partial charge in [-0.05, 0) is 18.6 Å². The maximum Gasteiger partial charge on any atom is 0.145 e. The van der Waals surface area contributed by atoms with Crippen molar-refractivity contribution in [3.8, 4) is 10.6 Å². The Morgan fingerprint density at radius 3 is 2.94 bits per heavy atom. The van der Waals surface area contributed by atoms with Gasteiger partial charge in [0.25, 0.3) is 0 Å². The lowest BCUT2D eigenvalue weighted by molar-refractivity contribution is 0.965. The Kier molecular flexibility index (Phi) is 3.74. The summed E-state index contributed by atoms with van der Waals surface area (Å²) in [6.45, 7) is 3.02. The van der Waals surface area contributed by atoms with Crippen LogP contribution in [-0.4, -0.2) is 16.5 Å². The van der Waals surface area contributed by atoms with E-state index in [1.807, 2.05) is 12.1 Å². The molecule has 0 amide bonds. The molecule has 0 fully saturated rings. The van der Waals surface area contributed by atoms with Crippen molar-refractivity contribution >= 4 is 28.8 Å². The van der Waals surface area contributed by atoms with Gasteiger partial charge in [-0.15, -0.1) is 11.3 Å². The van der Waals surface area contributed by atoms with Gasteiger partial charge in [-0.3, -0.25) is 4.98 Å². The zero-order valence-electron chi connectivity index (χ0n) is 8.90. The van der Waals surface area contributed by atoms with E-state index in [0.717, 1.165) is 33.7 Å². The molecular weight excluding hydrogens is 242 g/mol. The van der Waals surface area contributed by atoms with Gasteiger partial charge in [0, 0.05) is 6.54 Å². The van der Waals surface area contributed by atoms with Crippen LogP contribution in [0.15, 0.2) is 24.5 Å². The number of anilines is 1. The Hall–Kier alpha value is -1.13. The van der Waals surface area contributed by atoms with E-state index < -0.39 is 0 Å². The topological polar surface area (TPSA) is 37.8 Å². The molecule has 0 bridgehead atoms. The number of hydrogen-bond acceptors (Lipinski definition) is 4. The first-order valence-corrected chi connectivity index (χ1v) is 6.30. The minimum atomic E-state index is 0.767. The Morgan fingerprint density at radius 2 is 2.25 bits per heavy atom. The number of aromatic nitrogens is 2. The molecule has 1 N–H and O–H groups in total. The first-order valence-electron chi connectivity index (χ1n) is 5.11. The molecule has 2 rings (SSSR count). The zero-order valence-corrected chi connectivity index (χ0v) is 10.5. The highest BCUT2D eigenvalue weighted by Gasteiger charge is 2.04. The van der Waals surface area contributed by atoms with Gasteiger partial charge in [-0.1, -0.05) is 18.5 Å². The zero-order chi connectivity index (χ0) is 11.4. The van der Waals surface area contributed by atoms with E-state index in [9.17, 15) is 0 Å². The number of nitrogens with zero attached hydrogens (tertiary/aromatic N) is 2. The summed E-state index contributed by atoms with van der Waals surface area (Å²) in [7, 11) is 0. The van der Waals surface area contributed by atoms with Crippen LogP contribution in [0.3, 0.4) is 0 Å². The van der Waals surface area contributed by atoms with Crippen molar-refractivity contribution < 1.29 is 0 Å². The SMILES string of the molecule is CCCNc1cncc(-c2ccc(Cl)s2)n1. The van der Waals surface area contributed by atoms with Gasteiger partial charge in [0.05, 0.1) is 21.6 Å². The molecular formula is C11H12ClN3S. The molecule has 2 aromatic rings. The van der Waals surface area contributed by atoms with Crippen LogP contribution in [0.25, 0.3) is 10.6 Å². The van der Waals surface area contributed by atoms with E-state index in [-0.39, 0.29) is 0 Å². The minimum Gasteiger partial charge on any atom is -0.369 e. The Labute approximate surface area is 104 Å². The van der Waals surface area contributed by atoms with Crippen LogP contribution in [-0.2, 0) is 0 Å². The van der Waals surface area contributed by atoms with Crippen molar-refractivity contribution in [2.75, 3.05) is 11.9 Å². The third-order valence-electron chi connectivity index (χ3n) is 2.02. The average Bonchev–Trinajstić information content (AvgIpc) is 2.74. The summed E-state index contributed by atoms with van der Waals surface area (Å²) in [6.07, 6.45) is 4.55. The highest BCUT2D eigenvalue weighted by Crippen LogP contribution is 2.29. The summed E-state index contributed by atoms with van der Waals surface area (Å²) < 4.78 is 0.767. The van der Waals surface area contributed by atoms with Crippen LogP contribution in [0.4, 0.5) is 5.82 Å². The van der Waals surface area contributed by atoms with E-state index in [2.05, 4.69) is 22.2 Å². The number of hydrogen-bond donors (Lipinski definition) is 1. The fourth-order valence-corrected chi connectivity index (χ4v) is 2.27. The molecule has 2 aromatic heterocycles. The Morgan fingerprint density at radius 1 is 1.38 bits per heavy atom. The van der Waals surface area contributed by atoms with Gasteiger partial charge in [-0.2, -0.15) is 0 Å². The van der Waals surface area contributed by atoms with Crippen LogP contribution in [0, 0.1) is 0 Å². The van der Waals surface area contributed by atoms with Crippen LogP contribution in [0.5, 0.6) is 0 Å². The van der Waals surface area contributed by atoms with E-state index >= 15 is 0 Å². The molecule has 0 unspecified atom stereocenters. The van der Waals surface area contributed by atoms with Gasteiger partial charge < -0.3 is 5.32 Å². The van der Waals surface area contributed by atoms with E-state index in [1.165, 1.54) is 11.3 Å². The van der Waals surface area contributed by atoms with Crippen LogP contribution >= 0.6 is 22.9 Å². The normalized spacial score (nSPS) is 10.4. The fourth-order valence-electron chi connectivity index (χ4n) is 1.27. The van der Waals surface area contributed by atoms with Gasteiger partial charge in [0.2, 0.25) is 0 Å². The lowest BCUT2D eigenvalue weighted by atomic mass is 10.3. The highest BCUT2D eigenvalue weighted by molar-refractivity contribution is 7.19. The second kappa shape index (κ2) is 5.27. The predicted octanol–water partition coefficient (Wildman–Crippen LogP) is 3.68. The monoisotopic (exact) mass is 253 g/mol. The van der Waals surface area contributed by atoms with E-state index in [1.54, 1.807) is 12.4 Å². The molecule has 0 aliphatic carbocycles. The Balaban J connectivity index is 2.22. The van der Waals surface area contributed by atoms with Crippen molar-refractivity contribution in [1.82, 2.24) is 9.97 Å². The fraction of sp³-hybridized carbons (Fsp3) is 0.273. The third kappa shape index (κ3) is 2.71. The van der Waals surface area contributed by atoms with Crippen LogP contribution in [0.2, 0.25) is 4.34 Å². The number of thiophene rings is 1. The van der Waals surface area contributed by atoms with Crippen molar-refractivity contribution in [3.05, 3.63) is 28.9 Å². The molecule has 0 atom stereocenters. The molecule has 84 valence electrons. The third-order valence-corrected chi connectivity index (χ3v) is 3.27. The van der Waals surface area contributed by atoms with Crippen LogP contribution in [0.1, 0.15) is 13.3 Å². The summed E-state index contributed by atoms with van der Waals surface area (Å²) in [5, 5.41) is 3.21. The molecule has 0 aromatic carbocycles. The molecule has 0 saturated carbocycles. The lowest BCUT2D eigenvalue weighted by Crippen LogP contribution is -2.02. The molecule has 0 aliphatic heterocycles. The van der Waals surface area contributed by atoms with Gasteiger partial charge in [-0.25, -0.2) is 4.98 Å². The summed E-state index contributed by atoms with van der Waals surface area (Å²) in [5.41, 5.74) is 0.859. The predicted molar refractivity (Wildman–Crippen MR) is 69.1 cm³/mol. The molecule has 0 spiro atoms. The summed E-state index contributed by atoms with van der Waals surface area (Å²) in [5.74, 6) is 0.809. The van der Waals surface area contributed by atoms with Crippen LogP contribution < -0.4 is 5.32 Å². The second-order valence-corrected chi connectivity index (χ2v) is 5.04. The van der Waals surface area contributed by atoms with Crippen molar-refractivity contribution in [2.45, 2.75) is 13.3 Å². The maximum absolute atomic E-state index is 5.89. The second-order valence-electron chi connectivity index (χ2n) is 3.32. The summed E-state index contributed by atoms with van der Waals surface area (Å²) in [4.78, 5) is 9.67. The smallest absolute Gasteiger partial charge is 0.145 e. The standard InChI is InChI=1S/C11H12ClN3S/c1-2-5-14-11-7-13-6-8(15-11)9-3-4-10(12)16-9/h3-4,6-7H,2,5H2,1H3,(H,14,15). The average molecular weight is 254 g/mol. The Bertz CT molecular complexity index is 470. The van der Waals surface area contributed by atoms with E-state index in [4.69, 9.17) is 11.6 Å². The minimum absolute atomic E-state index is 0.767. The number of halogens is 1. The van der Waals surface area contributed by atoms with Gasteiger partial charge >= 0.3 is 0 Å². The summed E-state index contributed by atoms with van der Waals surface area (Å²) in [6, 6.07) is 3.83. The first-order chi connectivity index (χ1) is 7.79. The van der Waals surface area contributed by atoms with Crippen molar-refractivity contribution in [1.29, 1.82) is 0 Å². The quantitative estimate of drug-likeness (QED) is 0.903. The first kappa shape index (κ1) is 11.4. The molecule has 0 radical (unpaired) electrons. The molecule has 0 saturated heterocycles. The highest BCUT2D eigenvalue weighted by atomic mass is 35.5. The molecule has 16 heavy (non-hydrogen) atoms. The van der Waals surface area contributed by atoms with E-state index in [0.29, 0.717) is 0 Å².